The Morgan fingerprint density at radius 2 is 2.00 bits per heavy atom. The van der Waals surface area contributed by atoms with Gasteiger partial charge in [-0.15, -0.1) is 0 Å². The first-order chi connectivity index (χ1) is 11.5. The molecule has 2 rings (SSSR count). The number of piperazine rings is 1. The highest BCUT2D eigenvalue weighted by molar-refractivity contribution is 5.76. The fourth-order valence-electron chi connectivity index (χ4n) is 2.61. The van der Waals surface area contributed by atoms with Crippen LogP contribution in [0.25, 0.3) is 0 Å². The number of benzene rings is 1. The van der Waals surface area contributed by atoms with E-state index in [0.717, 1.165) is 31.6 Å². The van der Waals surface area contributed by atoms with Crippen LogP contribution in [0.4, 0.5) is 8.78 Å². The SMILES string of the molecule is CC[C@@H](O)CN1CCN(C(=O)CCOc2ccc(F)cc2F)CC1. The molecule has 24 heavy (non-hydrogen) atoms. The zero-order valence-electron chi connectivity index (χ0n) is 13.9. The Labute approximate surface area is 140 Å². The summed E-state index contributed by atoms with van der Waals surface area (Å²) in [5, 5.41) is 9.66. The number of aliphatic hydroxyl groups excluding tert-OH is 1. The van der Waals surface area contributed by atoms with E-state index in [2.05, 4.69) is 4.90 Å². The number of carbonyl (C=O) groups is 1. The number of aliphatic hydroxyl groups is 1. The summed E-state index contributed by atoms with van der Waals surface area (Å²) in [6.45, 7) is 5.31. The summed E-state index contributed by atoms with van der Waals surface area (Å²) < 4.78 is 31.4. The lowest BCUT2D eigenvalue weighted by Crippen LogP contribution is -2.50. The van der Waals surface area contributed by atoms with Crippen molar-refractivity contribution in [2.24, 2.45) is 0 Å². The largest absolute Gasteiger partial charge is 0.490 e. The number of amides is 1. The number of ether oxygens (including phenoxy) is 1. The summed E-state index contributed by atoms with van der Waals surface area (Å²) >= 11 is 0. The van der Waals surface area contributed by atoms with Gasteiger partial charge in [-0.3, -0.25) is 9.69 Å². The molecule has 1 atom stereocenters. The topological polar surface area (TPSA) is 53.0 Å². The van der Waals surface area contributed by atoms with Crippen LogP contribution in [0.1, 0.15) is 19.8 Å². The van der Waals surface area contributed by atoms with E-state index < -0.39 is 11.6 Å². The molecule has 1 N–H and O–H groups in total. The highest BCUT2D eigenvalue weighted by atomic mass is 19.1. The number of hydrogen-bond donors (Lipinski definition) is 1. The molecule has 0 aliphatic carbocycles. The smallest absolute Gasteiger partial charge is 0.226 e. The maximum Gasteiger partial charge on any atom is 0.226 e. The van der Waals surface area contributed by atoms with Gasteiger partial charge in [-0.2, -0.15) is 0 Å². The predicted molar refractivity (Wildman–Crippen MR) is 85.8 cm³/mol. The van der Waals surface area contributed by atoms with Crippen LogP contribution in [0, 0.1) is 11.6 Å². The predicted octanol–water partition coefficient (Wildman–Crippen LogP) is 1.65. The summed E-state index contributed by atoms with van der Waals surface area (Å²) in [4.78, 5) is 16.0. The Balaban J connectivity index is 1.70. The molecule has 1 aromatic carbocycles. The van der Waals surface area contributed by atoms with Crippen molar-refractivity contribution in [3.63, 3.8) is 0 Å². The van der Waals surface area contributed by atoms with Gasteiger partial charge in [0.2, 0.25) is 5.91 Å². The van der Waals surface area contributed by atoms with E-state index in [4.69, 9.17) is 4.74 Å². The molecule has 134 valence electrons. The normalized spacial score (nSPS) is 16.9. The number of halogens is 2. The number of carbonyl (C=O) groups excluding carboxylic acids is 1. The second-order valence-corrected chi connectivity index (χ2v) is 5.92. The first kappa shape index (κ1) is 18.6. The molecule has 1 fully saturated rings. The lowest BCUT2D eigenvalue weighted by Gasteiger charge is -2.35. The lowest BCUT2D eigenvalue weighted by atomic mass is 10.2. The molecule has 0 unspecified atom stereocenters. The van der Waals surface area contributed by atoms with E-state index in [0.29, 0.717) is 19.6 Å². The van der Waals surface area contributed by atoms with Gasteiger partial charge in [0.05, 0.1) is 19.1 Å². The van der Waals surface area contributed by atoms with Crippen molar-refractivity contribution in [3.8, 4) is 5.75 Å². The average Bonchev–Trinajstić information content (AvgIpc) is 2.57. The summed E-state index contributed by atoms with van der Waals surface area (Å²) in [5.41, 5.74) is 0. The van der Waals surface area contributed by atoms with Crippen LogP contribution in [0.2, 0.25) is 0 Å². The van der Waals surface area contributed by atoms with Crippen LogP contribution in [0.15, 0.2) is 18.2 Å². The van der Waals surface area contributed by atoms with Crippen molar-refractivity contribution in [1.82, 2.24) is 9.80 Å². The van der Waals surface area contributed by atoms with Gasteiger partial charge < -0.3 is 14.7 Å². The monoisotopic (exact) mass is 342 g/mol. The van der Waals surface area contributed by atoms with Gasteiger partial charge in [-0.05, 0) is 18.6 Å². The molecule has 1 saturated heterocycles. The highest BCUT2D eigenvalue weighted by Gasteiger charge is 2.22. The molecular weight excluding hydrogens is 318 g/mol. The van der Waals surface area contributed by atoms with E-state index in [9.17, 15) is 18.7 Å². The number of rotatable bonds is 7. The van der Waals surface area contributed by atoms with E-state index in [1.165, 1.54) is 6.07 Å². The molecule has 0 saturated carbocycles. The molecule has 1 aliphatic rings. The first-order valence-electron chi connectivity index (χ1n) is 8.25. The molecular formula is C17H24F2N2O3. The quantitative estimate of drug-likeness (QED) is 0.819. The molecule has 1 amide bonds. The number of β-amino-alcohol motifs (C(OH)–C–C–N with tert-alkyl or cyclic N) is 1. The minimum Gasteiger partial charge on any atom is -0.490 e. The van der Waals surface area contributed by atoms with Crippen LogP contribution in [-0.2, 0) is 4.79 Å². The van der Waals surface area contributed by atoms with Gasteiger partial charge in [0, 0.05) is 38.8 Å². The summed E-state index contributed by atoms with van der Waals surface area (Å²) in [6.07, 6.45) is 0.538. The van der Waals surface area contributed by atoms with Crippen LogP contribution in [-0.4, -0.2) is 66.2 Å². The third-order valence-corrected chi connectivity index (χ3v) is 4.13. The molecule has 5 nitrogen and oxygen atoms in total. The minimum atomic E-state index is -0.773. The zero-order chi connectivity index (χ0) is 17.5. The maximum absolute atomic E-state index is 13.4. The van der Waals surface area contributed by atoms with Crippen LogP contribution in [0.3, 0.4) is 0 Å². The summed E-state index contributed by atoms with van der Waals surface area (Å²) in [7, 11) is 0. The summed E-state index contributed by atoms with van der Waals surface area (Å²) in [6, 6.07) is 3.08. The van der Waals surface area contributed by atoms with Crippen LogP contribution < -0.4 is 4.74 Å². The third-order valence-electron chi connectivity index (χ3n) is 4.13. The molecule has 0 spiro atoms. The van der Waals surface area contributed by atoms with Crippen molar-refractivity contribution in [1.29, 1.82) is 0 Å². The van der Waals surface area contributed by atoms with E-state index >= 15 is 0 Å². The Morgan fingerprint density at radius 3 is 2.62 bits per heavy atom. The number of hydrogen-bond acceptors (Lipinski definition) is 4. The molecule has 7 heteroatoms. The Bertz CT molecular complexity index is 549. The number of nitrogens with zero attached hydrogens (tertiary/aromatic N) is 2. The Morgan fingerprint density at radius 1 is 1.29 bits per heavy atom. The molecule has 0 bridgehead atoms. The second kappa shape index (κ2) is 8.94. The summed E-state index contributed by atoms with van der Waals surface area (Å²) in [5.74, 6) is -1.54. The Kier molecular flexibility index (Phi) is 6.93. The Hall–Kier alpha value is -1.73. The standard InChI is InChI=1S/C17H24F2N2O3/c1-2-14(22)12-20-6-8-21(9-7-20)17(23)5-10-24-16-4-3-13(18)11-15(16)19/h3-4,11,14,22H,2,5-10,12H2,1H3/t14-/m1/s1. The van der Waals surface area contributed by atoms with Gasteiger partial charge in [-0.25, -0.2) is 8.78 Å². The zero-order valence-corrected chi connectivity index (χ0v) is 13.9. The van der Waals surface area contributed by atoms with Crippen molar-refractivity contribution >= 4 is 5.91 Å². The van der Waals surface area contributed by atoms with E-state index in [-0.39, 0.29) is 30.8 Å². The third kappa shape index (κ3) is 5.42. The molecule has 0 radical (unpaired) electrons. The second-order valence-electron chi connectivity index (χ2n) is 5.92. The lowest BCUT2D eigenvalue weighted by molar-refractivity contribution is -0.133. The van der Waals surface area contributed by atoms with Gasteiger partial charge in [0.15, 0.2) is 11.6 Å². The minimum absolute atomic E-state index is 0.0480. The van der Waals surface area contributed by atoms with Crippen molar-refractivity contribution < 1.29 is 23.4 Å². The van der Waals surface area contributed by atoms with Crippen LogP contribution >= 0.6 is 0 Å². The molecule has 1 aromatic rings. The fourth-order valence-corrected chi connectivity index (χ4v) is 2.61. The molecule has 1 heterocycles. The maximum atomic E-state index is 13.4. The van der Waals surface area contributed by atoms with Gasteiger partial charge in [0.25, 0.3) is 0 Å². The van der Waals surface area contributed by atoms with Crippen LogP contribution in [0.5, 0.6) is 5.75 Å². The highest BCUT2D eigenvalue weighted by Crippen LogP contribution is 2.17. The van der Waals surface area contributed by atoms with Gasteiger partial charge in [0.1, 0.15) is 5.82 Å². The molecule has 0 aromatic heterocycles. The first-order valence-corrected chi connectivity index (χ1v) is 8.25. The van der Waals surface area contributed by atoms with Crippen molar-refractivity contribution in [2.75, 3.05) is 39.3 Å². The fraction of sp³-hybridized carbons (Fsp3) is 0.588. The van der Waals surface area contributed by atoms with Gasteiger partial charge in [-0.1, -0.05) is 6.92 Å². The van der Waals surface area contributed by atoms with E-state index in [1.54, 1.807) is 4.90 Å². The van der Waals surface area contributed by atoms with Gasteiger partial charge >= 0.3 is 0 Å². The molecule has 1 aliphatic heterocycles. The van der Waals surface area contributed by atoms with Crippen molar-refractivity contribution in [3.05, 3.63) is 29.8 Å². The average molecular weight is 342 g/mol. The van der Waals surface area contributed by atoms with Crippen molar-refractivity contribution in [2.45, 2.75) is 25.9 Å². The van der Waals surface area contributed by atoms with E-state index in [1.807, 2.05) is 6.92 Å².